The number of benzene rings is 1. The maximum absolute atomic E-state index is 6.13. The van der Waals surface area contributed by atoms with Crippen molar-refractivity contribution >= 4 is 11.6 Å². The van der Waals surface area contributed by atoms with Gasteiger partial charge >= 0.3 is 0 Å². The van der Waals surface area contributed by atoms with Crippen LogP contribution >= 0.6 is 11.6 Å². The largest absolute Gasteiger partial charge is 0.0840 e. The Morgan fingerprint density at radius 3 is 2.44 bits per heavy atom. The van der Waals surface area contributed by atoms with Gasteiger partial charge in [0.15, 0.2) is 0 Å². The van der Waals surface area contributed by atoms with Crippen LogP contribution in [0.3, 0.4) is 0 Å². The van der Waals surface area contributed by atoms with Crippen molar-refractivity contribution in [2.24, 2.45) is 11.3 Å². The summed E-state index contributed by atoms with van der Waals surface area (Å²) in [5.41, 5.74) is 1.51. The Morgan fingerprint density at radius 1 is 1.25 bits per heavy atom. The van der Waals surface area contributed by atoms with Crippen molar-refractivity contribution in [2.45, 2.75) is 40.5 Å². The van der Waals surface area contributed by atoms with Gasteiger partial charge in [0.2, 0.25) is 0 Å². The van der Waals surface area contributed by atoms with Crippen LogP contribution in [-0.2, 0) is 0 Å². The van der Waals surface area contributed by atoms with Crippen LogP contribution in [0.5, 0.6) is 0 Å². The second-order valence-corrected chi connectivity index (χ2v) is 6.10. The molecule has 0 nitrogen and oxygen atoms in total. The summed E-state index contributed by atoms with van der Waals surface area (Å²) in [5, 5.41) is 0.850. The smallest absolute Gasteiger partial charge is 0.0441 e. The molecule has 0 bridgehead atoms. The fourth-order valence-corrected chi connectivity index (χ4v) is 2.43. The minimum Gasteiger partial charge on any atom is -0.0840 e. The molecule has 16 heavy (non-hydrogen) atoms. The second-order valence-electron chi connectivity index (χ2n) is 5.69. The summed E-state index contributed by atoms with van der Waals surface area (Å²) in [6, 6.07) is 8.03. The summed E-state index contributed by atoms with van der Waals surface area (Å²) < 4.78 is 0. The van der Waals surface area contributed by atoms with Crippen LogP contribution in [0.1, 0.15) is 46.1 Å². The van der Waals surface area contributed by atoms with Crippen LogP contribution in [0.25, 0.3) is 0 Å². The van der Waals surface area contributed by atoms with E-state index in [1.807, 2.05) is 18.2 Å². The van der Waals surface area contributed by atoms with Gasteiger partial charge < -0.3 is 0 Å². The molecular weight excluding hydrogens is 216 g/mol. The standard InChI is InChI=1S/C15H22Cl/c1-12(2)11-15(3,4)10-9-13-7-5-6-8-14(13)16/h5-9,12H,10-11H2,1-4H3. The van der Waals surface area contributed by atoms with Crippen molar-refractivity contribution < 1.29 is 0 Å². The lowest BCUT2D eigenvalue weighted by atomic mass is 9.79. The third-order valence-electron chi connectivity index (χ3n) is 2.74. The molecule has 0 aromatic heterocycles. The first-order valence-corrected chi connectivity index (χ1v) is 6.36. The molecule has 0 amide bonds. The number of hydrogen-bond donors (Lipinski definition) is 0. The van der Waals surface area contributed by atoms with E-state index in [4.69, 9.17) is 11.6 Å². The molecule has 0 unspecified atom stereocenters. The first-order chi connectivity index (χ1) is 7.41. The first-order valence-electron chi connectivity index (χ1n) is 5.98. The highest BCUT2D eigenvalue weighted by Gasteiger charge is 2.19. The van der Waals surface area contributed by atoms with Crippen LogP contribution in [-0.4, -0.2) is 0 Å². The molecule has 1 aromatic carbocycles. The molecular formula is C15H22Cl. The van der Waals surface area contributed by atoms with E-state index in [0.717, 1.165) is 22.9 Å². The summed E-state index contributed by atoms with van der Waals surface area (Å²) in [5.74, 6) is 0.745. The predicted molar refractivity (Wildman–Crippen MR) is 72.7 cm³/mol. The Morgan fingerprint density at radius 2 is 1.88 bits per heavy atom. The molecule has 0 spiro atoms. The van der Waals surface area contributed by atoms with Crippen molar-refractivity contribution in [1.29, 1.82) is 0 Å². The van der Waals surface area contributed by atoms with E-state index in [1.54, 1.807) is 0 Å². The van der Waals surface area contributed by atoms with Gasteiger partial charge in [-0.3, -0.25) is 0 Å². The SMILES string of the molecule is CC(C)CC(C)(C)C[CH]c1ccccc1Cl. The van der Waals surface area contributed by atoms with Crippen molar-refractivity contribution in [3.8, 4) is 0 Å². The van der Waals surface area contributed by atoms with E-state index in [2.05, 4.69) is 40.2 Å². The molecule has 0 saturated carbocycles. The zero-order valence-corrected chi connectivity index (χ0v) is 11.5. The molecule has 1 radical (unpaired) electrons. The predicted octanol–water partition coefficient (Wildman–Crippen LogP) is 5.35. The molecule has 0 aliphatic rings. The van der Waals surface area contributed by atoms with Gasteiger partial charge in [0.25, 0.3) is 0 Å². The average Bonchev–Trinajstić information content (AvgIpc) is 2.14. The summed E-state index contributed by atoms with van der Waals surface area (Å²) in [4.78, 5) is 0. The summed E-state index contributed by atoms with van der Waals surface area (Å²) in [7, 11) is 0. The summed E-state index contributed by atoms with van der Waals surface area (Å²) >= 11 is 6.13. The third kappa shape index (κ3) is 4.57. The maximum Gasteiger partial charge on any atom is 0.0441 e. The normalized spacial score (nSPS) is 12.1. The molecule has 89 valence electrons. The molecule has 0 N–H and O–H groups in total. The Bertz CT molecular complexity index is 326. The van der Waals surface area contributed by atoms with Gasteiger partial charge in [-0.25, -0.2) is 0 Å². The van der Waals surface area contributed by atoms with Crippen LogP contribution in [0.2, 0.25) is 5.02 Å². The molecule has 0 aliphatic heterocycles. The average molecular weight is 238 g/mol. The molecule has 0 heterocycles. The highest BCUT2D eigenvalue weighted by molar-refractivity contribution is 6.31. The number of rotatable bonds is 5. The lowest BCUT2D eigenvalue weighted by molar-refractivity contribution is 0.284. The van der Waals surface area contributed by atoms with Crippen molar-refractivity contribution in [3.63, 3.8) is 0 Å². The van der Waals surface area contributed by atoms with E-state index >= 15 is 0 Å². The van der Waals surface area contributed by atoms with Crippen molar-refractivity contribution in [3.05, 3.63) is 41.3 Å². The zero-order valence-electron chi connectivity index (χ0n) is 10.8. The first kappa shape index (κ1) is 13.6. The fraction of sp³-hybridized carbons (Fsp3) is 0.533. The minimum atomic E-state index is 0.355. The zero-order chi connectivity index (χ0) is 12.2. The van der Waals surface area contributed by atoms with Crippen molar-refractivity contribution in [2.75, 3.05) is 0 Å². The van der Waals surface area contributed by atoms with E-state index in [9.17, 15) is 0 Å². The molecule has 1 rings (SSSR count). The number of halogens is 1. The van der Waals surface area contributed by atoms with E-state index in [1.165, 1.54) is 6.42 Å². The van der Waals surface area contributed by atoms with E-state index < -0.39 is 0 Å². The Kier molecular flexibility index (Phi) is 4.86. The van der Waals surface area contributed by atoms with E-state index in [-0.39, 0.29) is 0 Å². The number of hydrogen-bond acceptors (Lipinski definition) is 0. The van der Waals surface area contributed by atoms with Gasteiger partial charge in [0.05, 0.1) is 0 Å². The van der Waals surface area contributed by atoms with Crippen molar-refractivity contribution in [1.82, 2.24) is 0 Å². The van der Waals surface area contributed by atoms with E-state index in [0.29, 0.717) is 5.41 Å². The summed E-state index contributed by atoms with van der Waals surface area (Å²) in [6.07, 6.45) is 4.58. The second kappa shape index (κ2) is 5.72. The monoisotopic (exact) mass is 237 g/mol. The highest BCUT2D eigenvalue weighted by Crippen LogP contribution is 2.32. The van der Waals surface area contributed by atoms with Gasteiger partial charge in [0.1, 0.15) is 0 Å². The quantitative estimate of drug-likeness (QED) is 0.647. The Balaban J connectivity index is 2.54. The van der Waals surface area contributed by atoms with Crippen LogP contribution in [0, 0.1) is 17.8 Å². The molecule has 1 aromatic rings. The van der Waals surface area contributed by atoms with Crippen LogP contribution < -0.4 is 0 Å². The van der Waals surface area contributed by atoms with Crippen LogP contribution in [0.15, 0.2) is 24.3 Å². The van der Waals surface area contributed by atoms with Gasteiger partial charge in [-0.15, -0.1) is 0 Å². The molecule has 0 atom stereocenters. The topological polar surface area (TPSA) is 0 Å². The molecule has 0 saturated heterocycles. The molecule has 0 aliphatic carbocycles. The molecule has 0 fully saturated rings. The maximum atomic E-state index is 6.13. The van der Waals surface area contributed by atoms with Crippen LogP contribution in [0.4, 0.5) is 0 Å². The van der Waals surface area contributed by atoms with Gasteiger partial charge in [-0.2, -0.15) is 0 Å². The van der Waals surface area contributed by atoms with Gasteiger partial charge in [0, 0.05) is 5.02 Å². The fourth-order valence-electron chi connectivity index (χ4n) is 2.22. The minimum absolute atomic E-state index is 0.355. The van der Waals surface area contributed by atoms with Gasteiger partial charge in [-0.1, -0.05) is 57.5 Å². The summed E-state index contributed by atoms with van der Waals surface area (Å²) in [6.45, 7) is 9.19. The third-order valence-corrected chi connectivity index (χ3v) is 3.08. The Labute approximate surface area is 105 Å². The highest BCUT2D eigenvalue weighted by atomic mass is 35.5. The molecule has 1 heteroatoms. The lowest BCUT2D eigenvalue weighted by Gasteiger charge is -2.26. The Hall–Kier alpha value is -0.490. The lowest BCUT2D eigenvalue weighted by Crippen LogP contribution is -2.14. The van der Waals surface area contributed by atoms with Gasteiger partial charge in [-0.05, 0) is 42.2 Å².